The first-order valence-corrected chi connectivity index (χ1v) is 10.4. The van der Waals surface area contributed by atoms with E-state index in [2.05, 4.69) is 15.6 Å². The Morgan fingerprint density at radius 2 is 1.90 bits per heavy atom. The van der Waals surface area contributed by atoms with Crippen LogP contribution >= 0.6 is 11.3 Å². The highest BCUT2D eigenvalue weighted by atomic mass is 32.1. The second kappa shape index (κ2) is 10.5. The third-order valence-corrected chi connectivity index (χ3v) is 4.97. The molecule has 0 atom stereocenters. The summed E-state index contributed by atoms with van der Waals surface area (Å²) in [5.74, 6) is -0.908. The molecule has 3 rings (SSSR count). The molecule has 0 saturated carbocycles. The van der Waals surface area contributed by atoms with E-state index in [1.165, 1.54) is 36.0 Å². The Bertz CT molecular complexity index is 1000. The van der Waals surface area contributed by atoms with Crippen molar-refractivity contribution >= 4 is 28.3 Å². The van der Waals surface area contributed by atoms with Crippen molar-refractivity contribution in [3.05, 3.63) is 65.3 Å². The van der Waals surface area contributed by atoms with Crippen molar-refractivity contribution in [1.29, 1.82) is 0 Å². The number of thiazole rings is 1. The number of carbonyl (C=O) groups is 2. The number of aromatic nitrogens is 1. The molecule has 0 fully saturated rings. The van der Waals surface area contributed by atoms with Gasteiger partial charge in [0.05, 0.1) is 5.69 Å². The SMILES string of the molecule is CC(=O)NCCCc1ccc(-c2csc(NC(=O)COc3ccccc3F)n2)cc1. The van der Waals surface area contributed by atoms with Crippen LogP contribution in [0.2, 0.25) is 0 Å². The van der Waals surface area contributed by atoms with Crippen LogP contribution in [0.15, 0.2) is 53.9 Å². The van der Waals surface area contributed by atoms with Crippen LogP contribution in [-0.2, 0) is 16.0 Å². The molecule has 8 heteroatoms. The average molecular weight is 428 g/mol. The largest absolute Gasteiger partial charge is 0.481 e. The molecule has 0 aliphatic carbocycles. The Morgan fingerprint density at radius 3 is 2.63 bits per heavy atom. The maximum Gasteiger partial charge on any atom is 0.264 e. The van der Waals surface area contributed by atoms with E-state index < -0.39 is 11.7 Å². The van der Waals surface area contributed by atoms with Crippen molar-refractivity contribution in [2.45, 2.75) is 19.8 Å². The number of aryl methyl sites for hydroxylation is 1. The van der Waals surface area contributed by atoms with Gasteiger partial charge in [-0.05, 0) is 30.5 Å². The Hall–Kier alpha value is -3.26. The molecule has 2 aromatic carbocycles. The maximum atomic E-state index is 13.5. The van der Waals surface area contributed by atoms with Gasteiger partial charge in [-0.15, -0.1) is 11.3 Å². The second-order valence-corrected chi connectivity index (χ2v) is 7.45. The lowest BCUT2D eigenvalue weighted by Crippen LogP contribution is -2.21. The summed E-state index contributed by atoms with van der Waals surface area (Å²) in [6.45, 7) is 1.87. The first kappa shape index (κ1) is 21.4. The van der Waals surface area contributed by atoms with Gasteiger partial charge >= 0.3 is 0 Å². The summed E-state index contributed by atoms with van der Waals surface area (Å²) < 4.78 is 18.7. The Labute approximate surface area is 178 Å². The molecule has 156 valence electrons. The van der Waals surface area contributed by atoms with Gasteiger partial charge in [0.15, 0.2) is 23.3 Å². The topological polar surface area (TPSA) is 80.3 Å². The molecule has 2 N–H and O–H groups in total. The molecule has 0 spiro atoms. The number of rotatable bonds is 9. The van der Waals surface area contributed by atoms with Gasteiger partial charge in [0, 0.05) is 24.4 Å². The summed E-state index contributed by atoms with van der Waals surface area (Å²) >= 11 is 1.31. The van der Waals surface area contributed by atoms with Gasteiger partial charge in [0.25, 0.3) is 5.91 Å². The number of benzene rings is 2. The first-order chi connectivity index (χ1) is 14.5. The van der Waals surface area contributed by atoms with E-state index in [-0.39, 0.29) is 18.3 Å². The zero-order valence-electron chi connectivity index (χ0n) is 16.5. The fourth-order valence-electron chi connectivity index (χ4n) is 2.72. The van der Waals surface area contributed by atoms with Gasteiger partial charge in [-0.25, -0.2) is 9.37 Å². The van der Waals surface area contributed by atoms with E-state index >= 15 is 0 Å². The molecular weight excluding hydrogens is 405 g/mol. The molecule has 0 aliphatic heterocycles. The molecule has 0 bridgehead atoms. The van der Waals surface area contributed by atoms with Gasteiger partial charge in [0.2, 0.25) is 5.91 Å². The number of halogens is 1. The smallest absolute Gasteiger partial charge is 0.264 e. The zero-order chi connectivity index (χ0) is 21.3. The number of nitrogens with one attached hydrogen (secondary N) is 2. The van der Waals surface area contributed by atoms with Gasteiger partial charge in [-0.3, -0.25) is 14.9 Å². The molecule has 3 aromatic rings. The number of ether oxygens (including phenoxy) is 1. The van der Waals surface area contributed by atoms with Crippen LogP contribution in [0.4, 0.5) is 9.52 Å². The molecule has 30 heavy (non-hydrogen) atoms. The highest BCUT2D eigenvalue weighted by Gasteiger charge is 2.10. The van der Waals surface area contributed by atoms with Crippen LogP contribution in [0.3, 0.4) is 0 Å². The standard InChI is InChI=1S/C22H22FN3O3S/c1-15(27)24-12-4-5-16-8-10-17(11-9-16)19-14-30-22(25-19)26-21(28)13-29-20-7-3-2-6-18(20)23/h2-3,6-11,14H,4-5,12-13H2,1H3,(H,24,27)(H,25,26,28). The predicted molar refractivity (Wildman–Crippen MR) is 115 cm³/mol. The van der Waals surface area contributed by atoms with Crippen molar-refractivity contribution in [3.63, 3.8) is 0 Å². The minimum Gasteiger partial charge on any atom is -0.481 e. The summed E-state index contributed by atoms with van der Waals surface area (Å²) in [6.07, 6.45) is 1.75. The average Bonchev–Trinajstić information content (AvgIpc) is 3.19. The number of amides is 2. The fourth-order valence-corrected chi connectivity index (χ4v) is 3.46. The summed E-state index contributed by atoms with van der Waals surface area (Å²) in [6, 6.07) is 14.0. The van der Waals surface area contributed by atoms with Crippen molar-refractivity contribution in [1.82, 2.24) is 10.3 Å². The molecule has 2 amide bonds. The normalized spacial score (nSPS) is 10.5. The van der Waals surface area contributed by atoms with Crippen molar-refractivity contribution < 1.29 is 18.7 Å². The second-order valence-electron chi connectivity index (χ2n) is 6.59. The summed E-state index contributed by atoms with van der Waals surface area (Å²) in [5, 5.41) is 7.76. The van der Waals surface area contributed by atoms with Crippen molar-refractivity contribution in [2.75, 3.05) is 18.5 Å². The zero-order valence-corrected chi connectivity index (χ0v) is 17.3. The number of anilines is 1. The van der Waals surface area contributed by atoms with E-state index in [0.29, 0.717) is 11.7 Å². The first-order valence-electron chi connectivity index (χ1n) is 9.48. The molecular formula is C22H22FN3O3S. The third kappa shape index (κ3) is 6.38. The van der Waals surface area contributed by atoms with E-state index in [4.69, 9.17) is 4.74 Å². The number of hydrogen-bond acceptors (Lipinski definition) is 5. The lowest BCUT2D eigenvalue weighted by atomic mass is 10.1. The van der Waals surface area contributed by atoms with Crippen LogP contribution in [0, 0.1) is 5.82 Å². The van der Waals surface area contributed by atoms with E-state index in [9.17, 15) is 14.0 Å². The summed E-state index contributed by atoms with van der Waals surface area (Å²) in [5.41, 5.74) is 2.88. The number of para-hydroxylation sites is 1. The molecule has 6 nitrogen and oxygen atoms in total. The number of carbonyl (C=O) groups excluding carboxylic acids is 2. The minimum absolute atomic E-state index is 0.0180. The lowest BCUT2D eigenvalue weighted by molar-refractivity contribution is -0.119. The van der Waals surface area contributed by atoms with Gasteiger partial charge in [0.1, 0.15) is 0 Å². The molecule has 0 saturated heterocycles. The molecule has 0 aliphatic rings. The number of hydrogen-bond donors (Lipinski definition) is 2. The summed E-state index contributed by atoms with van der Waals surface area (Å²) in [4.78, 5) is 27.3. The quantitative estimate of drug-likeness (QED) is 0.505. The molecule has 1 heterocycles. The fraction of sp³-hybridized carbons (Fsp3) is 0.227. The molecule has 0 radical (unpaired) electrons. The highest BCUT2D eigenvalue weighted by Crippen LogP contribution is 2.25. The van der Waals surface area contributed by atoms with Crippen LogP contribution in [0.25, 0.3) is 11.3 Å². The maximum absolute atomic E-state index is 13.5. The van der Waals surface area contributed by atoms with Crippen LogP contribution in [0.5, 0.6) is 5.75 Å². The van der Waals surface area contributed by atoms with Crippen molar-refractivity contribution in [3.8, 4) is 17.0 Å². The van der Waals surface area contributed by atoms with Gasteiger partial charge in [-0.1, -0.05) is 36.4 Å². The van der Waals surface area contributed by atoms with Crippen LogP contribution < -0.4 is 15.4 Å². The van der Waals surface area contributed by atoms with E-state index in [0.717, 1.165) is 24.1 Å². The van der Waals surface area contributed by atoms with E-state index in [1.54, 1.807) is 12.1 Å². The van der Waals surface area contributed by atoms with E-state index in [1.807, 2.05) is 29.6 Å². The van der Waals surface area contributed by atoms with Crippen LogP contribution in [0.1, 0.15) is 18.9 Å². The van der Waals surface area contributed by atoms with Gasteiger partial charge in [-0.2, -0.15) is 0 Å². The van der Waals surface area contributed by atoms with Crippen LogP contribution in [-0.4, -0.2) is 29.9 Å². The minimum atomic E-state index is -0.514. The Balaban J connectivity index is 1.50. The lowest BCUT2D eigenvalue weighted by Gasteiger charge is -2.06. The Kier molecular flexibility index (Phi) is 7.51. The van der Waals surface area contributed by atoms with Gasteiger partial charge < -0.3 is 10.1 Å². The number of nitrogens with zero attached hydrogens (tertiary/aromatic N) is 1. The summed E-state index contributed by atoms with van der Waals surface area (Å²) in [7, 11) is 0. The third-order valence-electron chi connectivity index (χ3n) is 4.21. The molecule has 0 unspecified atom stereocenters. The molecule has 1 aromatic heterocycles. The monoisotopic (exact) mass is 427 g/mol. The Morgan fingerprint density at radius 1 is 1.13 bits per heavy atom. The van der Waals surface area contributed by atoms with Crippen molar-refractivity contribution in [2.24, 2.45) is 0 Å². The highest BCUT2D eigenvalue weighted by molar-refractivity contribution is 7.14. The predicted octanol–water partition coefficient (Wildman–Crippen LogP) is 4.04.